The van der Waals surface area contributed by atoms with Gasteiger partial charge in [0, 0.05) is 23.8 Å². The minimum absolute atomic E-state index is 0.0256. The summed E-state index contributed by atoms with van der Waals surface area (Å²) >= 11 is 0. The molecule has 0 amide bonds. The fourth-order valence-electron chi connectivity index (χ4n) is 2.03. The molecule has 2 N–H and O–H groups in total. The van der Waals surface area contributed by atoms with Gasteiger partial charge in [0.1, 0.15) is 11.9 Å². The van der Waals surface area contributed by atoms with Gasteiger partial charge in [-0.2, -0.15) is 5.10 Å². The predicted molar refractivity (Wildman–Crippen MR) is 67.4 cm³/mol. The van der Waals surface area contributed by atoms with E-state index >= 15 is 0 Å². The molecule has 0 saturated heterocycles. The summed E-state index contributed by atoms with van der Waals surface area (Å²) in [6, 6.07) is 2.68. The molecule has 0 saturated carbocycles. The first-order valence-electron chi connectivity index (χ1n) is 6.88. The summed E-state index contributed by atoms with van der Waals surface area (Å²) in [7, 11) is 2.43. The number of hydrogen-bond donors (Lipinski definition) is 1. The number of fused-ring (bicyclic) bond motifs is 1. The monoisotopic (exact) mass is 274 g/mol. The smallest absolute Gasteiger partial charge is 0.268 e. The van der Waals surface area contributed by atoms with E-state index in [1.165, 1.54) is 19.2 Å². The highest BCUT2D eigenvalue weighted by Gasteiger charge is 2.27. The maximum atomic E-state index is 13.1. The summed E-state index contributed by atoms with van der Waals surface area (Å²) in [5, 5.41) is 3.93. The van der Waals surface area contributed by atoms with Gasteiger partial charge >= 0.3 is 0 Å². The highest BCUT2D eigenvalue weighted by atomic mass is 19.3. The highest BCUT2D eigenvalue weighted by Crippen LogP contribution is 2.39. The number of halogens is 2. The maximum Gasteiger partial charge on any atom is 0.268 e. The molecule has 0 radical (unpaired) electrons. The molecule has 0 bridgehead atoms. The molecule has 0 spiro atoms. The molecule has 19 heavy (non-hydrogen) atoms. The molecule has 0 aliphatic carbocycles. The van der Waals surface area contributed by atoms with Crippen molar-refractivity contribution in [3.05, 3.63) is 17.7 Å². The lowest BCUT2D eigenvalue weighted by Gasteiger charge is -2.18. The van der Waals surface area contributed by atoms with E-state index in [-0.39, 0.29) is 28.0 Å². The van der Waals surface area contributed by atoms with Crippen molar-refractivity contribution in [3.63, 3.8) is 0 Å². The third kappa shape index (κ3) is 2.10. The Balaban J connectivity index is 2.77. The van der Waals surface area contributed by atoms with E-state index in [4.69, 9.17) is 19.3 Å². The lowest BCUT2D eigenvalue weighted by Crippen LogP contribution is -2.12. The van der Waals surface area contributed by atoms with Crippen LogP contribution in [-0.4, -0.2) is 30.4 Å². The van der Waals surface area contributed by atoms with Crippen LogP contribution in [0, 0.1) is 0 Å². The third-order valence-electron chi connectivity index (χ3n) is 2.85. The molecule has 2 rings (SSSR count). The fourth-order valence-corrected chi connectivity index (χ4v) is 2.03. The molecule has 104 valence electrons. The van der Waals surface area contributed by atoms with Crippen LogP contribution in [0.25, 0.3) is 10.9 Å². The molecule has 1 heterocycles. The Morgan fingerprint density at radius 3 is 2.68 bits per heavy atom. The summed E-state index contributed by atoms with van der Waals surface area (Å²) in [4.78, 5) is 0. The summed E-state index contributed by atoms with van der Waals surface area (Å²) in [5.41, 5.74) is 5.99. The van der Waals surface area contributed by atoms with E-state index in [1.54, 1.807) is 0 Å². The van der Waals surface area contributed by atoms with E-state index in [1.807, 2.05) is 0 Å². The predicted octanol–water partition coefficient (Wildman–Crippen LogP) is 2.12. The largest absolute Gasteiger partial charge is 0.496 e. The Kier molecular flexibility index (Phi) is 2.62. The van der Waals surface area contributed by atoms with Crippen LogP contribution in [0.5, 0.6) is 5.75 Å². The van der Waals surface area contributed by atoms with Crippen molar-refractivity contribution < 1.29 is 22.4 Å². The average Bonchev–Trinajstić information content (AvgIpc) is 2.76. The van der Waals surface area contributed by atoms with Crippen molar-refractivity contribution in [2.75, 3.05) is 20.0 Å². The first-order chi connectivity index (χ1) is 10.2. The zero-order chi connectivity index (χ0) is 16.7. The number of rotatable bonds is 4. The van der Waals surface area contributed by atoms with E-state index in [9.17, 15) is 8.78 Å². The zero-order valence-corrected chi connectivity index (χ0v) is 10.4. The number of anilines is 1. The van der Waals surface area contributed by atoms with Gasteiger partial charge in [0.2, 0.25) is 0 Å². The fraction of sp³-hybridized carbons (Fsp3) is 0.417. The van der Waals surface area contributed by atoms with E-state index < -0.39 is 19.5 Å². The number of methoxy groups -OCH3 is 2. The van der Waals surface area contributed by atoms with Gasteiger partial charge in [-0.25, -0.2) is 8.78 Å². The van der Waals surface area contributed by atoms with E-state index in [2.05, 4.69) is 5.10 Å². The number of hydrogen-bond acceptors (Lipinski definition) is 4. The molecule has 0 aliphatic heterocycles. The van der Waals surface area contributed by atoms with Gasteiger partial charge in [-0.1, -0.05) is 6.07 Å². The highest BCUT2D eigenvalue weighted by molar-refractivity contribution is 5.95. The zero-order valence-electron chi connectivity index (χ0n) is 13.4. The Hall–Kier alpha value is -1.89. The van der Waals surface area contributed by atoms with Gasteiger partial charge < -0.3 is 15.2 Å². The van der Waals surface area contributed by atoms with Gasteiger partial charge in [0.05, 0.1) is 18.0 Å². The quantitative estimate of drug-likeness (QED) is 0.927. The standard InChI is InChI=1S/C12H15F2N3O2/c1-17-7-5-4-6(10(19-3)11(13)14)9(18-2)8(7)12(15)16-17/h4-5,10-11H,1-3H3,(H2,15,16)/i1D3. The van der Waals surface area contributed by atoms with Crippen LogP contribution >= 0.6 is 0 Å². The molecule has 1 atom stereocenters. The lowest BCUT2D eigenvalue weighted by molar-refractivity contribution is -0.0352. The van der Waals surface area contributed by atoms with Crippen LogP contribution < -0.4 is 10.5 Å². The number of nitrogens with zero attached hydrogens (tertiary/aromatic N) is 2. The SMILES string of the molecule is [2H]C([2H])([2H])n1nc(N)c2c(OC)c(C(OC)C(F)F)ccc21. The Bertz CT molecular complexity index is 688. The number of aromatic nitrogens is 2. The molecular weight excluding hydrogens is 256 g/mol. The molecule has 1 aromatic heterocycles. The van der Waals surface area contributed by atoms with Crippen molar-refractivity contribution >= 4 is 16.7 Å². The second-order valence-electron chi connectivity index (χ2n) is 3.87. The molecule has 2 aromatic rings. The van der Waals surface area contributed by atoms with Gasteiger partial charge in [-0.15, -0.1) is 0 Å². The number of nitrogen functional groups attached to an aromatic ring is 1. The molecule has 1 aromatic carbocycles. The summed E-state index contributed by atoms with van der Waals surface area (Å²) in [5.74, 6) is -0.0911. The van der Waals surface area contributed by atoms with Crippen LogP contribution in [-0.2, 0) is 11.7 Å². The topological polar surface area (TPSA) is 62.3 Å². The van der Waals surface area contributed by atoms with Crippen LogP contribution in [0.3, 0.4) is 0 Å². The van der Waals surface area contributed by atoms with Crippen LogP contribution in [0.4, 0.5) is 14.6 Å². The second-order valence-corrected chi connectivity index (χ2v) is 3.87. The summed E-state index contributed by atoms with van der Waals surface area (Å²) < 4.78 is 59.2. The van der Waals surface area contributed by atoms with E-state index in [0.29, 0.717) is 0 Å². The van der Waals surface area contributed by atoms with Crippen LogP contribution in [0.2, 0.25) is 0 Å². The molecule has 7 heteroatoms. The van der Waals surface area contributed by atoms with Gasteiger partial charge in [0.25, 0.3) is 6.43 Å². The minimum Gasteiger partial charge on any atom is -0.496 e. The number of ether oxygens (including phenoxy) is 2. The van der Waals surface area contributed by atoms with Crippen molar-refractivity contribution in [2.45, 2.75) is 12.5 Å². The number of alkyl halides is 2. The molecule has 0 aliphatic rings. The van der Waals surface area contributed by atoms with Crippen molar-refractivity contribution in [1.82, 2.24) is 9.78 Å². The Labute approximate surface area is 113 Å². The first kappa shape index (κ1) is 9.96. The molecule has 0 fully saturated rings. The van der Waals surface area contributed by atoms with Crippen molar-refractivity contribution in [2.24, 2.45) is 6.98 Å². The van der Waals surface area contributed by atoms with Crippen LogP contribution in [0.15, 0.2) is 12.1 Å². The van der Waals surface area contributed by atoms with Crippen molar-refractivity contribution in [3.8, 4) is 5.75 Å². The third-order valence-corrected chi connectivity index (χ3v) is 2.85. The van der Waals surface area contributed by atoms with Gasteiger partial charge in [-0.05, 0) is 6.07 Å². The van der Waals surface area contributed by atoms with Gasteiger partial charge in [-0.3, -0.25) is 4.68 Å². The minimum atomic E-state index is -2.78. The molecule has 1 unspecified atom stereocenters. The molecular formula is C12H15F2N3O2. The number of nitrogens with two attached hydrogens (primary N) is 1. The normalized spacial score (nSPS) is 16.2. The lowest BCUT2D eigenvalue weighted by atomic mass is 10.0. The van der Waals surface area contributed by atoms with Crippen LogP contribution in [0.1, 0.15) is 15.8 Å². The summed E-state index contributed by atoms with van der Waals surface area (Å²) in [6.07, 6.45) is -4.30. The second kappa shape index (κ2) is 5.00. The Morgan fingerprint density at radius 2 is 2.16 bits per heavy atom. The first-order valence-corrected chi connectivity index (χ1v) is 5.38. The van der Waals surface area contributed by atoms with E-state index in [0.717, 1.165) is 11.8 Å². The molecule has 5 nitrogen and oxygen atoms in total. The van der Waals surface area contributed by atoms with Crippen molar-refractivity contribution in [1.29, 1.82) is 0 Å². The average molecular weight is 274 g/mol. The number of benzene rings is 1. The number of aryl methyl sites for hydroxylation is 1. The maximum absolute atomic E-state index is 13.1. The van der Waals surface area contributed by atoms with Gasteiger partial charge in [0.15, 0.2) is 5.82 Å². The Morgan fingerprint density at radius 1 is 1.42 bits per heavy atom. The summed E-state index contributed by atoms with van der Waals surface area (Å²) in [6.45, 7) is -2.55.